The second-order valence-corrected chi connectivity index (χ2v) is 7.28. The number of hydrogen-bond acceptors (Lipinski definition) is 3. The highest BCUT2D eigenvalue weighted by Gasteiger charge is 2.20. The maximum Gasteiger partial charge on any atom is 0.243 e. The third-order valence-corrected chi connectivity index (χ3v) is 5.34. The molecule has 0 spiro atoms. The van der Waals surface area contributed by atoms with Crippen LogP contribution in [0.1, 0.15) is 11.7 Å². The summed E-state index contributed by atoms with van der Waals surface area (Å²) >= 11 is 0. The Kier molecular flexibility index (Phi) is 4.40. The van der Waals surface area contributed by atoms with Gasteiger partial charge in [0, 0.05) is 25.3 Å². The summed E-state index contributed by atoms with van der Waals surface area (Å²) in [5.74, 6) is -0.829. The SMILES string of the molecule is Cn1ccc2cc([C@H](O)CNS(=O)(=O)c3ccccc3F)ccc21. The Morgan fingerprint density at radius 2 is 1.96 bits per heavy atom. The molecule has 1 aromatic heterocycles. The molecule has 0 unspecified atom stereocenters. The molecule has 0 amide bonds. The molecule has 1 heterocycles. The van der Waals surface area contributed by atoms with Crippen molar-refractivity contribution in [3.05, 3.63) is 66.1 Å². The van der Waals surface area contributed by atoms with Crippen molar-refractivity contribution in [1.82, 2.24) is 9.29 Å². The Morgan fingerprint density at radius 1 is 1.21 bits per heavy atom. The van der Waals surface area contributed by atoms with E-state index in [-0.39, 0.29) is 6.54 Å². The molecule has 0 saturated heterocycles. The monoisotopic (exact) mass is 348 g/mol. The zero-order valence-corrected chi connectivity index (χ0v) is 13.8. The van der Waals surface area contributed by atoms with E-state index in [1.54, 1.807) is 12.1 Å². The van der Waals surface area contributed by atoms with Gasteiger partial charge in [-0.05, 0) is 41.3 Å². The third-order valence-electron chi connectivity index (χ3n) is 3.89. The average Bonchev–Trinajstić information content (AvgIpc) is 2.93. The summed E-state index contributed by atoms with van der Waals surface area (Å²) in [7, 11) is -2.10. The van der Waals surface area contributed by atoms with Gasteiger partial charge in [-0.2, -0.15) is 0 Å². The number of aliphatic hydroxyl groups is 1. The molecule has 0 aliphatic carbocycles. The fraction of sp³-hybridized carbons (Fsp3) is 0.176. The van der Waals surface area contributed by atoms with E-state index in [0.29, 0.717) is 5.56 Å². The first-order valence-corrected chi connectivity index (χ1v) is 8.84. The molecular formula is C17H17FN2O3S. The van der Waals surface area contributed by atoms with E-state index in [9.17, 15) is 17.9 Å². The zero-order valence-electron chi connectivity index (χ0n) is 13.0. The number of aromatic nitrogens is 1. The van der Waals surface area contributed by atoms with Gasteiger partial charge < -0.3 is 9.67 Å². The van der Waals surface area contributed by atoms with E-state index in [2.05, 4.69) is 4.72 Å². The van der Waals surface area contributed by atoms with Gasteiger partial charge in [0.2, 0.25) is 10.0 Å². The number of fused-ring (bicyclic) bond motifs is 1. The lowest BCUT2D eigenvalue weighted by atomic mass is 10.1. The minimum absolute atomic E-state index is 0.241. The van der Waals surface area contributed by atoms with E-state index in [1.807, 2.05) is 29.9 Å². The van der Waals surface area contributed by atoms with Gasteiger partial charge in [0.25, 0.3) is 0 Å². The first kappa shape index (κ1) is 16.6. The van der Waals surface area contributed by atoms with Crippen LogP contribution in [0.4, 0.5) is 4.39 Å². The first-order valence-electron chi connectivity index (χ1n) is 7.36. The first-order chi connectivity index (χ1) is 11.4. The molecule has 126 valence electrons. The number of nitrogens with one attached hydrogen (secondary N) is 1. The average molecular weight is 348 g/mol. The Morgan fingerprint density at radius 3 is 2.71 bits per heavy atom. The van der Waals surface area contributed by atoms with E-state index < -0.39 is 26.8 Å². The van der Waals surface area contributed by atoms with Gasteiger partial charge in [0.15, 0.2) is 0 Å². The minimum atomic E-state index is -4.02. The third kappa shape index (κ3) is 3.19. The Balaban J connectivity index is 1.76. The largest absolute Gasteiger partial charge is 0.387 e. The normalized spacial score (nSPS) is 13.3. The maximum atomic E-state index is 13.6. The van der Waals surface area contributed by atoms with Crippen LogP contribution in [0, 0.1) is 5.82 Å². The standard InChI is InChI=1S/C17H17FN2O3S/c1-20-9-8-12-10-13(6-7-15(12)20)16(21)11-19-24(22,23)17-5-3-2-4-14(17)18/h2-10,16,19,21H,11H2,1H3/t16-/m1/s1. The topological polar surface area (TPSA) is 71.3 Å². The van der Waals surface area contributed by atoms with Crippen LogP contribution in [-0.4, -0.2) is 24.6 Å². The van der Waals surface area contributed by atoms with E-state index in [0.717, 1.165) is 17.0 Å². The molecule has 7 heteroatoms. The Bertz CT molecular complexity index is 982. The van der Waals surface area contributed by atoms with Gasteiger partial charge in [0.05, 0.1) is 6.10 Å². The van der Waals surface area contributed by atoms with Crippen LogP contribution >= 0.6 is 0 Å². The molecule has 0 saturated carbocycles. The van der Waals surface area contributed by atoms with Gasteiger partial charge in [-0.3, -0.25) is 0 Å². The minimum Gasteiger partial charge on any atom is -0.387 e. The summed E-state index contributed by atoms with van der Waals surface area (Å²) in [5, 5.41) is 11.2. The van der Waals surface area contributed by atoms with Crippen molar-refractivity contribution in [2.45, 2.75) is 11.0 Å². The maximum absolute atomic E-state index is 13.6. The Labute approximate surface area is 139 Å². The van der Waals surface area contributed by atoms with Crippen LogP contribution in [0.25, 0.3) is 10.9 Å². The van der Waals surface area contributed by atoms with Gasteiger partial charge in [0.1, 0.15) is 10.7 Å². The summed E-state index contributed by atoms with van der Waals surface area (Å²) < 4.78 is 42.1. The lowest BCUT2D eigenvalue weighted by Crippen LogP contribution is -2.29. The summed E-state index contributed by atoms with van der Waals surface area (Å²) in [6.07, 6.45) is 0.873. The molecular weight excluding hydrogens is 331 g/mol. The fourth-order valence-corrected chi connectivity index (χ4v) is 3.67. The fourth-order valence-electron chi connectivity index (χ4n) is 2.55. The molecule has 3 rings (SSSR count). The van der Waals surface area contributed by atoms with Crippen LogP contribution in [0.2, 0.25) is 0 Å². The highest BCUT2D eigenvalue weighted by Crippen LogP contribution is 2.21. The molecule has 0 fully saturated rings. The van der Waals surface area contributed by atoms with Crippen molar-refractivity contribution in [1.29, 1.82) is 0 Å². The number of hydrogen-bond donors (Lipinski definition) is 2. The molecule has 0 aliphatic rings. The van der Waals surface area contributed by atoms with Crippen LogP contribution in [-0.2, 0) is 17.1 Å². The highest BCUT2D eigenvalue weighted by atomic mass is 32.2. The van der Waals surface area contributed by atoms with E-state index in [1.165, 1.54) is 18.2 Å². The summed E-state index contributed by atoms with van der Waals surface area (Å²) in [5.41, 5.74) is 1.60. The van der Waals surface area contributed by atoms with Crippen molar-refractivity contribution in [3.8, 4) is 0 Å². The second kappa shape index (κ2) is 6.35. The summed E-state index contributed by atoms with van der Waals surface area (Å²) in [4.78, 5) is -0.435. The van der Waals surface area contributed by atoms with Gasteiger partial charge in [-0.1, -0.05) is 18.2 Å². The second-order valence-electron chi connectivity index (χ2n) is 5.54. The van der Waals surface area contributed by atoms with Gasteiger partial charge in [-0.15, -0.1) is 0 Å². The predicted molar refractivity (Wildman–Crippen MR) is 89.5 cm³/mol. The number of aliphatic hydroxyl groups excluding tert-OH is 1. The summed E-state index contributed by atoms with van der Waals surface area (Å²) in [6, 6.07) is 12.4. The predicted octanol–water partition coefficient (Wildman–Crippen LogP) is 2.33. The molecule has 0 bridgehead atoms. The van der Waals surface area contributed by atoms with Crippen molar-refractivity contribution in [2.75, 3.05) is 6.54 Å². The zero-order chi connectivity index (χ0) is 17.3. The van der Waals surface area contributed by atoms with Crippen molar-refractivity contribution < 1.29 is 17.9 Å². The van der Waals surface area contributed by atoms with Crippen molar-refractivity contribution in [3.63, 3.8) is 0 Å². The van der Waals surface area contributed by atoms with E-state index in [4.69, 9.17) is 0 Å². The molecule has 24 heavy (non-hydrogen) atoms. The molecule has 0 aliphatic heterocycles. The number of sulfonamides is 1. The van der Waals surface area contributed by atoms with Gasteiger partial charge in [-0.25, -0.2) is 17.5 Å². The van der Waals surface area contributed by atoms with E-state index >= 15 is 0 Å². The number of benzene rings is 2. The molecule has 0 radical (unpaired) electrons. The van der Waals surface area contributed by atoms with Crippen LogP contribution in [0.5, 0.6) is 0 Å². The van der Waals surface area contributed by atoms with Crippen molar-refractivity contribution >= 4 is 20.9 Å². The molecule has 1 atom stereocenters. The molecule has 2 N–H and O–H groups in total. The number of rotatable bonds is 5. The lowest BCUT2D eigenvalue weighted by Gasteiger charge is -2.13. The lowest BCUT2D eigenvalue weighted by molar-refractivity contribution is 0.182. The van der Waals surface area contributed by atoms with Crippen LogP contribution in [0.15, 0.2) is 59.6 Å². The quantitative estimate of drug-likeness (QED) is 0.743. The molecule has 2 aromatic carbocycles. The molecule has 3 aromatic rings. The number of aryl methyl sites for hydroxylation is 1. The number of nitrogens with zero attached hydrogens (tertiary/aromatic N) is 1. The van der Waals surface area contributed by atoms with Crippen LogP contribution < -0.4 is 4.72 Å². The summed E-state index contributed by atoms with van der Waals surface area (Å²) in [6.45, 7) is -0.241. The smallest absolute Gasteiger partial charge is 0.243 e. The van der Waals surface area contributed by atoms with Crippen LogP contribution in [0.3, 0.4) is 0 Å². The van der Waals surface area contributed by atoms with Gasteiger partial charge >= 0.3 is 0 Å². The Hall–Kier alpha value is -2.22. The van der Waals surface area contributed by atoms with Crippen molar-refractivity contribution in [2.24, 2.45) is 7.05 Å². The number of halogens is 1. The highest BCUT2D eigenvalue weighted by molar-refractivity contribution is 7.89. The molecule has 5 nitrogen and oxygen atoms in total.